The van der Waals surface area contributed by atoms with E-state index in [1.54, 1.807) is 0 Å². The van der Waals surface area contributed by atoms with Crippen molar-refractivity contribution in [3.8, 4) is 0 Å². The third-order valence-corrected chi connectivity index (χ3v) is 2.93. The molecule has 0 spiro atoms. The number of hydrogen-bond acceptors (Lipinski definition) is 1. The molecule has 0 fully saturated rings. The van der Waals surface area contributed by atoms with E-state index in [0.717, 1.165) is 4.47 Å². The number of benzene rings is 1. The third-order valence-electron chi connectivity index (χ3n) is 2.44. The molecule has 1 aromatic carbocycles. The van der Waals surface area contributed by atoms with Crippen LogP contribution >= 0.6 is 15.9 Å². The Morgan fingerprint density at radius 1 is 1.38 bits per heavy atom. The first-order chi connectivity index (χ1) is 5.97. The lowest BCUT2D eigenvalue weighted by atomic mass is 9.82. The monoisotopic (exact) mass is 241 g/mol. The minimum atomic E-state index is 0.0634. The predicted molar refractivity (Wildman–Crippen MR) is 61.0 cm³/mol. The molecule has 0 aliphatic carbocycles. The van der Waals surface area contributed by atoms with Crippen molar-refractivity contribution in [2.24, 2.45) is 5.73 Å². The van der Waals surface area contributed by atoms with E-state index in [-0.39, 0.29) is 5.41 Å². The molecule has 0 saturated carbocycles. The fourth-order valence-electron chi connectivity index (χ4n) is 1.43. The normalized spacial score (nSPS) is 11.8. The van der Waals surface area contributed by atoms with E-state index >= 15 is 0 Å². The van der Waals surface area contributed by atoms with E-state index in [1.165, 1.54) is 11.1 Å². The Morgan fingerprint density at radius 2 is 2.00 bits per heavy atom. The lowest BCUT2D eigenvalue weighted by Crippen LogP contribution is -2.28. The summed E-state index contributed by atoms with van der Waals surface area (Å²) in [5, 5.41) is 0. The first-order valence-electron chi connectivity index (χ1n) is 4.44. The van der Waals surface area contributed by atoms with Crippen molar-refractivity contribution in [3.05, 3.63) is 33.8 Å². The van der Waals surface area contributed by atoms with E-state index < -0.39 is 0 Å². The maximum absolute atomic E-state index is 5.74. The highest BCUT2D eigenvalue weighted by Crippen LogP contribution is 2.27. The van der Waals surface area contributed by atoms with E-state index in [4.69, 9.17) is 5.73 Å². The summed E-state index contributed by atoms with van der Waals surface area (Å²) in [6.45, 7) is 7.13. The zero-order valence-electron chi connectivity index (χ0n) is 8.39. The van der Waals surface area contributed by atoms with E-state index in [0.29, 0.717) is 6.54 Å². The summed E-state index contributed by atoms with van der Waals surface area (Å²) in [5.41, 5.74) is 8.43. The Balaban J connectivity index is 3.20. The minimum absolute atomic E-state index is 0.0634. The van der Waals surface area contributed by atoms with Gasteiger partial charge in [0.25, 0.3) is 0 Å². The molecule has 1 aromatic rings. The first-order valence-corrected chi connectivity index (χ1v) is 5.23. The Bertz CT molecular complexity index is 305. The Hall–Kier alpha value is -0.340. The molecule has 0 amide bonds. The molecule has 0 aliphatic heterocycles. The molecular formula is C11H16BrN. The molecule has 1 rings (SSSR count). The van der Waals surface area contributed by atoms with Gasteiger partial charge in [-0.1, -0.05) is 35.8 Å². The maximum Gasteiger partial charge on any atom is 0.0178 e. The summed E-state index contributed by atoms with van der Waals surface area (Å²) in [6, 6.07) is 6.34. The standard InChI is InChI=1S/C11H16BrN/c1-8-4-5-9(12)6-10(8)11(2,3)7-13/h4-6H,7,13H2,1-3H3. The van der Waals surface area contributed by atoms with Gasteiger partial charge in [0.05, 0.1) is 0 Å². The number of nitrogens with two attached hydrogens (primary N) is 1. The molecule has 0 bridgehead atoms. The van der Waals surface area contributed by atoms with Gasteiger partial charge in [-0.3, -0.25) is 0 Å². The summed E-state index contributed by atoms with van der Waals surface area (Å²) in [6.07, 6.45) is 0. The molecule has 2 heteroatoms. The van der Waals surface area contributed by atoms with Crippen LogP contribution in [0.2, 0.25) is 0 Å². The Labute approximate surface area is 88.5 Å². The van der Waals surface area contributed by atoms with Crippen molar-refractivity contribution in [1.82, 2.24) is 0 Å². The minimum Gasteiger partial charge on any atom is -0.330 e. The number of halogens is 1. The van der Waals surface area contributed by atoms with Crippen LogP contribution in [0.15, 0.2) is 22.7 Å². The topological polar surface area (TPSA) is 26.0 Å². The van der Waals surface area contributed by atoms with Crippen LogP contribution in [0.1, 0.15) is 25.0 Å². The second kappa shape index (κ2) is 3.81. The van der Waals surface area contributed by atoms with Gasteiger partial charge in [-0.25, -0.2) is 0 Å². The average Bonchev–Trinajstić information content (AvgIpc) is 2.09. The van der Waals surface area contributed by atoms with Crippen molar-refractivity contribution >= 4 is 15.9 Å². The van der Waals surface area contributed by atoms with Crippen molar-refractivity contribution in [2.75, 3.05) is 6.54 Å². The van der Waals surface area contributed by atoms with Gasteiger partial charge < -0.3 is 5.73 Å². The molecule has 0 heterocycles. The van der Waals surface area contributed by atoms with Crippen molar-refractivity contribution < 1.29 is 0 Å². The summed E-state index contributed by atoms with van der Waals surface area (Å²) in [4.78, 5) is 0. The van der Waals surface area contributed by atoms with Crippen LogP contribution in [-0.4, -0.2) is 6.54 Å². The van der Waals surface area contributed by atoms with Crippen molar-refractivity contribution in [1.29, 1.82) is 0 Å². The van der Waals surface area contributed by atoms with E-state index in [1.807, 2.05) is 0 Å². The maximum atomic E-state index is 5.74. The lowest BCUT2D eigenvalue weighted by Gasteiger charge is -2.25. The molecule has 72 valence electrons. The number of rotatable bonds is 2. The highest BCUT2D eigenvalue weighted by molar-refractivity contribution is 9.10. The lowest BCUT2D eigenvalue weighted by molar-refractivity contribution is 0.535. The van der Waals surface area contributed by atoms with Crippen molar-refractivity contribution in [3.63, 3.8) is 0 Å². The molecule has 13 heavy (non-hydrogen) atoms. The van der Waals surface area contributed by atoms with Gasteiger partial charge in [-0.2, -0.15) is 0 Å². The highest BCUT2D eigenvalue weighted by atomic mass is 79.9. The van der Waals surface area contributed by atoms with Gasteiger partial charge in [0.2, 0.25) is 0 Å². The molecule has 1 nitrogen and oxygen atoms in total. The molecule has 0 atom stereocenters. The van der Waals surface area contributed by atoms with Gasteiger partial charge in [-0.15, -0.1) is 0 Å². The highest BCUT2D eigenvalue weighted by Gasteiger charge is 2.20. The van der Waals surface area contributed by atoms with E-state index in [2.05, 4.69) is 54.9 Å². The average molecular weight is 242 g/mol. The van der Waals surface area contributed by atoms with E-state index in [9.17, 15) is 0 Å². The molecule has 0 aliphatic rings. The van der Waals surface area contributed by atoms with Crippen LogP contribution < -0.4 is 5.73 Å². The fraction of sp³-hybridized carbons (Fsp3) is 0.455. The SMILES string of the molecule is Cc1ccc(Br)cc1C(C)(C)CN. The predicted octanol–water partition coefficient (Wildman–Crippen LogP) is 2.99. The molecule has 0 radical (unpaired) electrons. The molecule has 0 aromatic heterocycles. The zero-order chi connectivity index (χ0) is 10.1. The number of hydrogen-bond donors (Lipinski definition) is 1. The Kier molecular flexibility index (Phi) is 3.14. The van der Waals surface area contributed by atoms with Gasteiger partial charge in [0.15, 0.2) is 0 Å². The van der Waals surface area contributed by atoms with Gasteiger partial charge in [-0.05, 0) is 30.2 Å². The van der Waals surface area contributed by atoms with Gasteiger partial charge >= 0.3 is 0 Å². The summed E-state index contributed by atoms with van der Waals surface area (Å²) >= 11 is 3.48. The van der Waals surface area contributed by atoms with Crippen LogP contribution in [0, 0.1) is 6.92 Å². The molecule has 2 N–H and O–H groups in total. The Morgan fingerprint density at radius 3 is 2.54 bits per heavy atom. The largest absolute Gasteiger partial charge is 0.330 e. The zero-order valence-corrected chi connectivity index (χ0v) is 9.98. The summed E-state index contributed by atoms with van der Waals surface area (Å²) < 4.78 is 1.12. The molecule has 0 unspecified atom stereocenters. The van der Waals surface area contributed by atoms with Crippen LogP contribution in [0.25, 0.3) is 0 Å². The number of aryl methyl sites for hydroxylation is 1. The third kappa shape index (κ3) is 2.32. The molecule has 0 saturated heterocycles. The first kappa shape index (κ1) is 10.7. The second-order valence-corrected chi connectivity index (χ2v) is 4.96. The second-order valence-electron chi connectivity index (χ2n) is 4.05. The summed E-state index contributed by atoms with van der Waals surface area (Å²) in [7, 11) is 0. The van der Waals surface area contributed by atoms with Crippen LogP contribution in [0.3, 0.4) is 0 Å². The van der Waals surface area contributed by atoms with Crippen LogP contribution in [-0.2, 0) is 5.41 Å². The smallest absolute Gasteiger partial charge is 0.0178 e. The van der Waals surface area contributed by atoms with Gasteiger partial charge in [0, 0.05) is 16.4 Å². The summed E-state index contributed by atoms with van der Waals surface area (Å²) in [5.74, 6) is 0. The van der Waals surface area contributed by atoms with Crippen LogP contribution in [0.4, 0.5) is 0 Å². The fourth-order valence-corrected chi connectivity index (χ4v) is 1.79. The van der Waals surface area contributed by atoms with Gasteiger partial charge in [0.1, 0.15) is 0 Å². The molecular weight excluding hydrogens is 226 g/mol. The quantitative estimate of drug-likeness (QED) is 0.847. The van der Waals surface area contributed by atoms with Crippen LogP contribution in [0.5, 0.6) is 0 Å². The van der Waals surface area contributed by atoms with Crippen molar-refractivity contribution in [2.45, 2.75) is 26.2 Å².